The summed E-state index contributed by atoms with van der Waals surface area (Å²) in [6.07, 6.45) is 0.442. The molecule has 174 valence electrons. The first kappa shape index (κ1) is 21.5. The summed E-state index contributed by atoms with van der Waals surface area (Å²) in [5.41, 5.74) is 7.31. The van der Waals surface area contributed by atoms with Crippen molar-refractivity contribution in [3.63, 3.8) is 0 Å². The van der Waals surface area contributed by atoms with Crippen LogP contribution in [0.25, 0.3) is 10.9 Å². The van der Waals surface area contributed by atoms with Crippen LogP contribution < -0.4 is 32.5 Å². The van der Waals surface area contributed by atoms with Gasteiger partial charge in [-0.05, 0) is 49.6 Å². The molecule has 0 radical (unpaired) electrons. The van der Waals surface area contributed by atoms with Gasteiger partial charge in [-0.15, -0.1) is 0 Å². The molecule has 8 nitrogen and oxygen atoms in total. The molecule has 2 aliphatic rings. The van der Waals surface area contributed by atoms with Crippen molar-refractivity contribution >= 4 is 16.6 Å². The number of hydrogen-bond acceptors (Lipinski definition) is 6. The Bertz CT molecular complexity index is 1300. The van der Waals surface area contributed by atoms with Crippen LogP contribution in [-0.4, -0.2) is 34.7 Å². The van der Waals surface area contributed by atoms with Gasteiger partial charge in [0.05, 0.1) is 10.9 Å². The van der Waals surface area contributed by atoms with E-state index in [0.717, 1.165) is 24.1 Å². The van der Waals surface area contributed by atoms with Crippen LogP contribution in [0.5, 0.6) is 5.75 Å². The van der Waals surface area contributed by atoms with Crippen molar-refractivity contribution in [3.8, 4) is 5.75 Å². The second kappa shape index (κ2) is 8.22. The maximum Gasteiger partial charge on any atom is 0.350 e. The molecule has 2 heterocycles. The summed E-state index contributed by atoms with van der Waals surface area (Å²) in [7, 11) is 0. The second-order valence-electron chi connectivity index (χ2n) is 9.05. The molecule has 33 heavy (non-hydrogen) atoms. The Morgan fingerprint density at radius 2 is 1.85 bits per heavy atom. The van der Waals surface area contributed by atoms with Gasteiger partial charge in [0.25, 0.3) is 5.56 Å². The molecule has 1 saturated heterocycles. The Kier molecular flexibility index (Phi) is 5.36. The Morgan fingerprint density at radius 1 is 1.12 bits per heavy atom. The minimum Gasteiger partial charge on any atom is -0.476 e. The number of anilines is 1. The fourth-order valence-corrected chi connectivity index (χ4v) is 4.89. The number of hydrogen-bond donors (Lipinski definition) is 2. The van der Waals surface area contributed by atoms with Gasteiger partial charge in [0.1, 0.15) is 18.1 Å². The molecule has 3 aromatic rings. The van der Waals surface area contributed by atoms with E-state index in [0.29, 0.717) is 34.3 Å². The van der Waals surface area contributed by atoms with Crippen LogP contribution in [0.1, 0.15) is 30.9 Å². The predicted octanol–water partition coefficient (Wildman–Crippen LogP) is 2.05. The summed E-state index contributed by atoms with van der Waals surface area (Å²) in [4.78, 5) is 27.3. The number of para-hydroxylation sites is 1. The quantitative estimate of drug-likeness (QED) is 0.437. The summed E-state index contributed by atoms with van der Waals surface area (Å²) in [6.45, 7) is 2.57. The number of aromatic nitrogens is 2. The molecule has 1 saturated carbocycles. The average Bonchev–Trinajstić information content (AvgIpc) is 3.57. The van der Waals surface area contributed by atoms with E-state index >= 15 is 0 Å². The van der Waals surface area contributed by atoms with Crippen LogP contribution in [0, 0.1) is 12.8 Å². The van der Waals surface area contributed by atoms with Crippen LogP contribution in [0.3, 0.4) is 0 Å². The number of rotatable bonds is 6. The molecule has 4 N–H and O–H groups in total. The molecule has 2 fully saturated rings. The van der Waals surface area contributed by atoms with E-state index in [9.17, 15) is 14.0 Å². The van der Waals surface area contributed by atoms with Gasteiger partial charge >= 0.3 is 5.69 Å². The fraction of sp³-hybridized carbons (Fsp3) is 0.417. The molecule has 0 spiro atoms. The van der Waals surface area contributed by atoms with Gasteiger partial charge < -0.3 is 15.5 Å². The fourth-order valence-electron chi connectivity index (χ4n) is 4.89. The molecule has 1 aromatic heterocycles. The smallest absolute Gasteiger partial charge is 0.350 e. The minimum atomic E-state index is -1.06. The number of aryl methyl sites for hydroxylation is 1. The summed E-state index contributed by atoms with van der Waals surface area (Å²) >= 11 is 0. The molecule has 5 rings (SSSR count). The average molecular weight is 454 g/mol. The van der Waals surface area contributed by atoms with Gasteiger partial charge in [-0.1, -0.05) is 18.2 Å². The van der Waals surface area contributed by atoms with Crippen molar-refractivity contribution in [1.82, 2.24) is 9.24 Å². The van der Waals surface area contributed by atoms with Gasteiger partial charge in [-0.25, -0.2) is 9.18 Å². The maximum atomic E-state index is 15.0. The largest absolute Gasteiger partial charge is 0.476 e. The lowest BCUT2D eigenvalue weighted by atomic mass is 10.0. The molecule has 0 amide bonds. The van der Waals surface area contributed by atoms with E-state index in [1.807, 2.05) is 48.2 Å². The third kappa shape index (κ3) is 3.86. The third-order valence-electron chi connectivity index (χ3n) is 6.68. The van der Waals surface area contributed by atoms with Crippen LogP contribution in [0.4, 0.5) is 10.1 Å². The van der Waals surface area contributed by atoms with Crippen LogP contribution in [-0.2, 0) is 0 Å². The van der Waals surface area contributed by atoms with Gasteiger partial charge in [0, 0.05) is 37.2 Å². The molecule has 0 unspecified atom stereocenters. The highest BCUT2D eigenvalue weighted by atomic mass is 19.1. The highest BCUT2D eigenvalue weighted by Crippen LogP contribution is 2.38. The number of ether oxygens (including phenoxy) is 1. The van der Waals surface area contributed by atoms with E-state index in [1.165, 1.54) is 0 Å². The Labute approximate surface area is 190 Å². The van der Waals surface area contributed by atoms with Gasteiger partial charge in [0.15, 0.2) is 0 Å². The number of nitrogens with zero attached hydrogens (tertiary/aromatic N) is 3. The van der Waals surface area contributed by atoms with E-state index in [1.54, 1.807) is 10.6 Å². The van der Waals surface area contributed by atoms with Crippen molar-refractivity contribution in [2.24, 2.45) is 11.7 Å². The summed E-state index contributed by atoms with van der Waals surface area (Å²) in [6, 6.07) is 12.8. The van der Waals surface area contributed by atoms with Crippen LogP contribution >= 0.6 is 0 Å². The van der Waals surface area contributed by atoms with Crippen molar-refractivity contribution < 1.29 is 9.13 Å². The Balaban J connectivity index is 1.42. The highest BCUT2D eigenvalue weighted by Gasteiger charge is 2.36. The van der Waals surface area contributed by atoms with Crippen molar-refractivity contribution in [2.75, 3.05) is 23.8 Å². The lowest BCUT2D eigenvalue weighted by Gasteiger charge is -2.23. The van der Waals surface area contributed by atoms with E-state index in [4.69, 9.17) is 16.3 Å². The zero-order valence-corrected chi connectivity index (χ0v) is 18.5. The third-order valence-corrected chi connectivity index (χ3v) is 6.68. The number of benzene rings is 2. The van der Waals surface area contributed by atoms with E-state index < -0.39 is 23.6 Å². The number of alkyl halides is 1. The zero-order chi connectivity index (χ0) is 23.3. The molecule has 1 aliphatic carbocycles. The lowest BCUT2D eigenvalue weighted by molar-refractivity contribution is 0.152. The molecule has 1 aliphatic heterocycles. The normalized spacial score (nSPS) is 21.5. The zero-order valence-electron chi connectivity index (χ0n) is 18.5. The summed E-state index contributed by atoms with van der Waals surface area (Å²) in [5, 5.41) is 0.399. The first-order chi connectivity index (χ1) is 15.8. The van der Waals surface area contributed by atoms with Crippen molar-refractivity contribution in [1.29, 1.82) is 0 Å². The predicted molar refractivity (Wildman–Crippen MR) is 126 cm³/mol. The van der Waals surface area contributed by atoms with E-state index in [-0.39, 0.29) is 18.5 Å². The van der Waals surface area contributed by atoms with E-state index in [2.05, 4.69) is 0 Å². The van der Waals surface area contributed by atoms with Crippen molar-refractivity contribution in [3.05, 3.63) is 68.9 Å². The minimum absolute atomic E-state index is 0.0396. The van der Waals surface area contributed by atoms with Gasteiger partial charge in [-0.2, -0.15) is 4.68 Å². The van der Waals surface area contributed by atoms with Crippen LogP contribution in [0.15, 0.2) is 52.1 Å². The molecule has 2 aromatic carbocycles. The van der Waals surface area contributed by atoms with Crippen molar-refractivity contribution in [2.45, 2.75) is 44.6 Å². The standard InChI is InChI=1S/C24H28FN5O3/c1-14-20(10-9-18-22(14)29(16-7-8-16)24(32)30(27)23(18)31)28-12-15(19(25)13-28)11-21(26)33-17-5-3-2-4-6-17/h2-6,9-10,15-16,19,21H,7-8,11-13,26-27H2,1H3/t15-,19-,21-/m1/s1. The summed E-state index contributed by atoms with van der Waals surface area (Å²) in [5.74, 6) is 6.12. The SMILES string of the molecule is Cc1c(N2C[C@@H](C[C@H](N)Oc3ccccc3)[C@H](F)C2)ccc2c(=O)n(N)c(=O)n(C3CC3)c12. The summed E-state index contributed by atoms with van der Waals surface area (Å²) < 4.78 is 23.0. The topological polar surface area (TPSA) is 109 Å². The number of halogens is 1. The highest BCUT2D eigenvalue weighted by molar-refractivity contribution is 5.87. The maximum absolute atomic E-state index is 15.0. The van der Waals surface area contributed by atoms with Gasteiger partial charge in [-0.3, -0.25) is 15.1 Å². The lowest BCUT2D eigenvalue weighted by Crippen LogP contribution is -2.44. The Hall–Kier alpha value is -3.33. The van der Waals surface area contributed by atoms with Crippen LogP contribution in [0.2, 0.25) is 0 Å². The first-order valence-corrected chi connectivity index (χ1v) is 11.3. The number of nitrogen functional groups attached to an aromatic ring is 1. The second-order valence-corrected chi connectivity index (χ2v) is 9.05. The number of nitrogens with two attached hydrogens (primary N) is 2. The first-order valence-electron chi connectivity index (χ1n) is 11.3. The number of fused-ring (bicyclic) bond motifs is 1. The monoisotopic (exact) mass is 453 g/mol. The Morgan fingerprint density at radius 3 is 2.55 bits per heavy atom. The van der Waals surface area contributed by atoms with Gasteiger partial charge in [0.2, 0.25) is 0 Å². The molecular weight excluding hydrogens is 425 g/mol. The molecule has 3 atom stereocenters. The molecular formula is C24H28FN5O3. The molecule has 0 bridgehead atoms. The molecule has 9 heteroatoms.